The Morgan fingerprint density at radius 1 is 1.43 bits per heavy atom. The summed E-state index contributed by atoms with van der Waals surface area (Å²) in [5.41, 5.74) is 0.469. The molecule has 1 amide bonds. The summed E-state index contributed by atoms with van der Waals surface area (Å²) in [6.45, 7) is 3.27. The predicted octanol–water partition coefficient (Wildman–Crippen LogP) is 2.16. The Morgan fingerprint density at radius 2 is 2.10 bits per heavy atom. The van der Waals surface area contributed by atoms with Gasteiger partial charge in [-0.25, -0.2) is 0 Å². The number of amides is 1. The first-order valence-electron chi connectivity index (χ1n) is 6.84. The van der Waals surface area contributed by atoms with Crippen molar-refractivity contribution in [3.63, 3.8) is 0 Å². The van der Waals surface area contributed by atoms with Crippen molar-refractivity contribution in [3.05, 3.63) is 39.9 Å². The van der Waals surface area contributed by atoms with Crippen LogP contribution in [0.5, 0.6) is 0 Å². The van der Waals surface area contributed by atoms with Crippen LogP contribution >= 0.6 is 12.4 Å². The van der Waals surface area contributed by atoms with E-state index >= 15 is 0 Å². The lowest BCUT2D eigenvalue weighted by molar-refractivity contribution is -0.384. The average Bonchev–Trinajstić information content (AvgIpc) is 2.95. The molecule has 116 valence electrons. The molecule has 0 aliphatic carbocycles. The molecule has 1 aromatic rings. The molecule has 1 aliphatic heterocycles. The fourth-order valence-electron chi connectivity index (χ4n) is 2.55. The van der Waals surface area contributed by atoms with E-state index < -0.39 is 10.5 Å². The topological polar surface area (TPSA) is 84.3 Å². The Labute approximate surface area is 129 Å². The molecule has 2 rings (SSSR count). The molecule has 0 saturated carbocycles. The Morgan fingerprint density at radius 3 is 2.57 bits per heavy atom. The molecule has 1 heterocycles. The third kappa shape index (κ3) is 3.92. The van der Waals surface area contributed by atoms with E-state index in [-0.39, 0.29) is 24.0 Å². The Bertz CT molecular complexity index is 499. The highest BCUT2D eigenvalue weighted by atomic mass is 35.5. The van der Waals surface area contributed by atoms with Gasteiger partial charge in [-0.3, -0.25) is 14.9 Å². The minimum Gasteiger partial charge on any atom is -0.350 e. The van der Waals surface area contributed by atoms with E-state index in [1.165, 1.54) is 12.1 Å². The number of hydrogen-bond acceptors (Lipinski definition) is 4. The summed E-state index contributed by atoms with van der Waals surface area (Å²) in [4.78, 5) is 22.4. The van der Waals surface area contributed by atoms with Crippen LogP contribution in [-0.4, -0.2) is 22.9 Å². The van der Waals surface area contributed by atoms with Crippen molar-refractivity contribution in [1.82, 2.24) is 10.6 Å². The van der Waals surface area contributed by atoms with Crippen molar-refractivity contribution >= 4 is 24.0 Å². The summed E-state index contributed by atoms with van der Waals surface area (Å²) in [7, 11) is 0. The quantitative estimate of drug-likeness (QED) is 0.644. The fraction of sp³-hybridized carbons (Fsp3) is 0.500. The van der Waals surface area contributed by atoms with Crippen LogP contribution in [0.1, 0.15) is 31.7 Å². The molecular weight excluding hydrogens is 294 g/mol. The summed E-state index contributed by atoms with van der Waals surface area (Å²) < 4.78 is 0. The number of halogens is 1. The lowest BCUT2D eigenvalue weighted by Crippen LogP contribution is -2.52. The molecule has 0 spiro atoms. The molecule has 1 atom stereocenters. The van der Waals surface area contributed by atoms with Crippen LogP contribution in [0.15, 0.2) is 24.3 Å². The number of rotatable bonds is 5. The zero-order chi connectivity index (χ0) is 14.6. The lowest BCUT2D eigenvalue weighted by Gasteiger charge is -2.26. The molecular formula is C14H20ClN3O3. The molecule has 21 heavy (non-hydrogen) atoms. The fourth-order valence-corrected chi connectivity index (χ4v) is 2.55. The van der Waals surface area contributed by atoms with Crippen LogP contribution in [0.3, 0.4) is 0 Å². The van der Waals surface area contributed by atoms with Gasteiger partial charge in [0.2, 0.25) is 5.91 Å². The minimum atomic E-state index is -0.444. The van der Waals surface area contributed by atoms with Gasteiger partial charge in [-0.05, 0) is 31.4 Å². The zero-order valence-corrected chi connectivity index (χ0v) is 12.7. The second-order valence-electron chi connectivity index (χ2n) is 5.07. The zero-order valence-electron chi connectivity index (χ0n) is 11.9. The highest BCUT2D eigenvalue weighted by Gasteiger charge is 2.38. The molecule has 1 saturated heterocycles. The highest BCUT2D eigenvalue weighted by molar-refractivity contribution is 5.86. The normalized spacial score (nSPS) is 20.6. The van der Waals surface area contributed by atoms with Gasteiger partial charge in [0.25, 0.3) is 5.69 Å². The summed E-state index contributed by atoms with van der Waals surface area (Å²) in [5.74, 6) is 0.0100. The summed E-state index contributed by atoms with van der Waals surface area (Å²) >= 11 is 0. The third-order valence-electron chi connectivity index (χ3n) is 3.88. The van der Waals surface area contributed by atoms with E-state index in [1.54, 1.807) is 12.1 Å². The predicted molar refractivity (Wildman–Crippen MR) is 82.4 cm³/mol. The lowest BCUT2D eigenvalue weighted by atomic mass is 9.93. The first kappa shape index (κ1) is 17.4. The number of carbonyl (C=O) groups is 1. The van der Waals surface area contributed by atoms with Crippen molar-refractivity contribution < 1.29 is 9.72 Å². The van der Waals surface area contributed by atoms with Crippen LogP contribution in [0, 0.1) is 10.1 Å². The summed E-state index contributed by atoms with van der Waals surface area (Å²) in [6, 6.07) is 6.23. The molecule has 2 N–H and O–H groups in total. The number of nitro benzene ring substituents is 1. The summed E-state index contributed by atoms with van der Waals surface area (Å²) in [5, 5.41) is 16.7. The van der Waals surface area contributed by atoms with Crippen molar-refractivity contribution in [1.29, 1.82) is 0 Å². The van der Waals surface area contributed by atoms with Gasteiger partial charge >= 0.3 is 0 Å². The first-order valence-corrected chi connectivity index (χ1v) is 6.84. The Kier molecular flexibility index (Phi) is 6.11. The number of nitrogens with one attached hydrogen (secondary N) is 2. The average molecular weight is 314 g/mol. The first-order chi connectivity index (χ1) is 9.57. The summed E-state index contributed by atoms with van der Waals surface area (Å²) in [6.07, 6.45) is 2.63. The standard InChI is InChI=1S/C14H19N3O3.ClH/c1-2-14(8-3-9-16-14)13(18)15-10-11-4-6-12(7-5-11)17(19)20;/h4-7,16H,2-3,8-10H2,1H3,(H,15,18);1H. The number of benzene rings is 1. The maximum Gasteiger partial charge on any atom is 0.269 e. The van der Waals surface area contributed by atoms with Crippen LogP contribution < -0.4 is 10.6 Å². The van der Waals surface area contributed by atoms with Gasteiger partial charge < -0.3 is 10.6 Å². The minimum absolute atomic E-state index is 0. The number of nitrogens with zero attached hydrogens (tertiary/aromatic N) is 1. The van der Waals surface area contributed by atoms with E-state index in [0.29, 0.717) is 6.54 Å². The van der Waals surface area contributed by atoms with E-state index in [9.17, 15) is 14.9 Å². The Balaban J connectivity index is 0.00000220. The van der Waals surface area contributed by atoms with Gasteiger partial charge in [-0.15, -0.1) is 12.4 Å². The molecule has 0 aromatic heterocycles. The monoisotopic (exact) mass is 313 g/mol. The maximum atomic E-state index is 12.3. The second-order valence-corrected chi connectivity index (χ2v) is 5.07. The van der Waals surface area contributed by atoms with Crippen molar-refractivity contribution in [2.45, 2.75) is 38.3 Å². The molecule has 1 unspecified atom stereocenters. The van der Waals surface area contributed by atoms with E-state index in [2.05, 4.69) is 10.6 Å². The van der Waals surface area contributed by atoms with Crippen LogP contribution in [-0.2, 0) is 11.3 Å². The van der Waals surface area contributed by atoms with Crippen LogP contribution in [0.2, 0.25) is 0 Å². The van der Waals surface area contributed by atoms with E-state index in [0.717, 1.165) is 31.4 Å². The van der Waals surface area contributed by atoms with Gasteiger partial charge in [0.15, 0.2) is 0 Å². The number of non-ortho nitro benzene ring substituents is 1. The highest BCUT2D eigenvalue weighted by Crippen LogP contribution is 2.23. The molecule has 1 fully saturated rings. The number of hydrogen-bond donors (Lipinski definition) is 2. The van der Waals surface area contributed by atoms with Gasteiger partial charge in [0.1, 0.15) is 0 Å². The third-order valence-corrected chi connectivity index (χ3v) is 3.88. The van der Waals surface area contributed by atoms with Crippen molar-refractivity contribution in [2.24, 2.45) is 0 Å². The van der Waals surface area contributed by atoms with Crippen LogP contribution in [0.4, 0.5) is 5.69 Å². The molecule has 1 aliphatic rings. The van der Waals surface area contributed by atoms with Crippen molar-refractivity contribution in [3.8, 4) is 0 Å². The largest absolute Gasteiger partial charge is 0.350 e. The molecule has 0 bridgehead atoms. The SMILES string of the molecule is CCC1(C(=O)NCc2ccc([N+](=O)[O-])cc2)CCCN1.Cl. The van der Waals surface area contributed by atoms with Crippen molar-refractivity contribution in [2.75, 3.05) is 6.54 Å². The smallest absolute Gasteiger partial charge is 0.269 e. The maximum absolute atomic E-state index is 12.3. The molecule has 0 radical (unpaired) electrons. The molecule has 7 heteroatoms. The van der Waals surface area contributed by atoms with Crippen LogP contribution in [0.25, 0.3) is 0 Å². The van der Waals surface area contributed by atoms with Gasteiger partial charge in [0, 0.05) is 18.7 Å². The van der Waals surface area contributed by atoms with E-state index in [1.807, 2.05) is 6.92 Å². The number of nitro groups is 1. The van der Waals surface area contributed by atoms with Gasteiger partial charge in [-0.1, -0.05) is 19.1 Å². The van der Waals surface area contributed by atoms with Gasteiger partial charge in [0.05, 0.1) is 10.5 Å². The van der Waals surface area contributed by atoms with E-state index in [4.69, 9.17) is 0 Å². The Hall–Kier alpha value is -1.66. The van der Waals surface area contributed by atoms with Gasteiger partial charge in [-0.2, -0.15) is 0 Å². The second kappa shape index (κ2) is 7.38. The molecule has 1 aromatic carbocycles. The molecule has 6 nitrogen and oxygen atoms in total. The number of carbonyl (C=O) groups excluding carboxylic acids is 1.